The first-order chi connectivity index (χ1) is 9.97. The van der Waals surface area contributed by atoms with Crippen LogP contribution >= 0.6 is 11.6 Å². The predicted octanol–water partition coefficient (Wildman–Crippen LogP) is 1.49. The molecule has 2 N–H and O–H groups in total. The lowest BCUT2D eigenvalue weighted by Crippen LogP contribution is -2.32. The number of benzene rings is 1. The highest BCUT2D eigenvalue weighted by Crippen LogP contribution is 2.38. The van der Waals surface area contributed by atoms with E-state index in [2.05, 4.69) is 5.32 Å². The number of fused-ring (bicyclic) bond motifs is 1. The normalized spacial score (nSPS) is 14.4. The topological polar surface area (TPSA) is 84.9 Å². The number of carboxylic acids is 1. The smallest absolute Gasteiger partial charge is 0.308 e. The Bertz CT molecular complexity index is 561. The van der Waals surface area contributed by atoms with Gasteiger partial charge in [-0.25, -0.2) is 0 Å². The molecule has 0 spiro atoms. The molecule has 1 aliphatic rings. The second-order valence-electron chi connectivity index (χ2n) is 4.82. The number of aliphatic carboxylic acids is 1. The van der Waals surface area contributed by atoms with Crippen molar-refractivity contribution in [2.24, 2.45) is 5.92 Å². The Kier molecular flexibility index (Phi) is 4.90. The zero-order chi connectivity index (χ0) is 15.4. The summed E-state index contributed by atoms with van der Waals surface area (Å²) in [5.41, 5.74) is 0.685. The number of carbonyl (C=O) groups excluding carboxylic acids is 1. The minimum Gasteiger partial charge on any atom is -0.486 e. The highest BCUT2D eigenvalue weighted by Gasteiger charge is 2.18. The second-order valence-corrected chi connectivity index (χ2v) is 5.23. The molecule has 0 bridgehead atoms. The van der Waals surface area contributed by atoms with Gasteiger partial charge in [0.2, 0.25) is 5.91 Å². The van der Waals surface area contributed by atoms with Gasteiger partial charge in [-0.05, 0) is 17.7 Å². The van der Waals surface area contributed by atoms with E-state index in [1.54, 1.807) is 12.1 Å². The molecule has 1 amide bonds. The molecular formula is C14H16ClNO5. The fourth-order valence-electron chi connectivity index (χ4n) is 1.87. The summed E-state index contributed by atoms with van der Waals surface area (Å²) >= 11 is 6.09. The minimum absolute atomic E-state index is 0.0897. The molecule has 1 atom stereocenters. The van der Waals surface area contributed by atoms with Crippen molar-refractivity contribution in [3.63, 3.8) is 0 Å². The van der Waals surface area contributed by atoms with E-state index in [-0.39, 0.29) is 18.9 Å². The maximum atomic E-state index is 11.8. The number of amides is 1. The molecule has 0 aromatic heterocycles. The van der Waals surface area contributed by atoms with E-state index in [4.69, 9.17) is 26.2 Å². The van der Waals surface area contributed by atoms with Crippen LogP contribution in [-0.4, -0.2) is 36.7 Å². The molecule has 6 nitrogen and oxygen atoms in total. The van der Waals surface area contributed by atoms with Crippen LogP contribution in [0.2, 0.25) is 5.02 Å². The standard InChI is InChI=1S/C14H16ClNO5/c1-8(14(18)19)7-16-12(17)6-9-4-10(15)13-11(5-9)20-2-3-21-13/h4-5,8H,2-3,6-7H2,1H3,(H,16,17)(H,18,19). The summed E-state index contributed by atoms with van der Waals surface area (Å²) in [6.45, 7) is 2.50. The maximum Gasteiger partial charge on any atom is 0.308 e. The van der Waals surface area contributed by atoms with Gasteiger partial charge in [0.25, 0.3) is 0 Å². The molecule has 1 aliphatic heterocycles. The molecule has 0 fully saturated rings. The minimum atomic E-state index is -0.947. The third-order valence-electron chi connectivity index (χ3n) is 3.05. The number of hydrogen-bond donors (Lipinski definition) is 2. The van der Waals surface area contributed by atoms with Gasteiger partial charge in [-0.15, -0.1) is 0 Å². The van der Waals surface area contributed by atoms with Crippen molar-refractivity contribution < 1.29 is 24.2 Å². The Morgan fingerprint density at radius 3 is 2.81 bits per heavy atom. The van der Waals surface area contributed by atoms with Crippen LogP contribution in [0.4, 0.5) is 0 Å². The number of hydrogen-bond acceptors (Lipinski definition) is 4. The fraction of sp³-hybridized carbons (Fsp3) is 0.429. The van der Waals surface area contributed by atoms with Crippen LogP contribution in [0, 0.1) is 5.92 Å². The van der Waals surface area contributed by atoms with E-state index in [1.165, 1.54) is 6.92 Å². The van der Waals surface area contributed by atoms with Gasteiger partial charge >= 0.3 is 5.97 Å². The third kappa shape index (κ3) is 4.01. The molecule has 1 heterocycles. The molecular weight excluding hydrogens is 298 g/mol. The van der Waals surface area contributed by atoms with Crippen molar-refractivity contribution in [2.75, 3.05) is 19.8 Å². The van der Waals surface area contributed by atoms with Crippen LogP contribution in [0.5, 0.6) is 11.5 Å². The van der Waals surface area contributed by atoms with E-state index >= 15 is 0 Å². The number of carboxylic acid groups (broad SMARTS) is 1. The van der Waals surface area contributed by atoms with Crippen LogP contribution in [0.1, 0.15) is 12.5 Å². The molecule has 0 saturated heterocycles. The van der Waals surface area contributed by atoms with Gasteiger partial charge in [-0.1, -0.05) is 18.5 Å². The van der Waals surface area contributed by atoms with Gasteiger partial charge in [0.15, 0.2) is 11.5 Å². The number of rotatable bonds is 5. The van der Waals surface area contributed by atoms with Gasteiger partial charge in [-0.2, -0.15) is 0 Å². The van der Waals surface area contributed by atoms with Crippen LogP contribution in [0.15, 0.2) is 12.1 Å². The van der Waals surface area contributed by atoms with Crippen molar-refractivity contribution in [3.8, 4) is 11.5 Å². The molecule has 2 rings (SSSR count). The van der Waals surface area contributed by atoms with E-state index in [9.17, 15) is 9.59 Å². The summed E-state index contributed by atoms with van der Waals surface area (Å²) < 4.78 is 10.8. The maximum absolute atomic E-state index is 11.8. The number of ether oxygens (including phenoxy) is 2. The van der Waals surface area contributed by atoms with Gasteiger partial charge in [0.05, 0.1) is 17.4 Å². The van der Waals surface area contributed by atoms with Gasteiger partial charge in [0, 0.05) is 6.54 Å². The summed E-state index contributed by atoms with van der Waals surface area (Å²) in [6.07, 6.45) is 0.0999. The molecule has 7 heteroatoms. The van der Waals surface area contributed by atoms with E-state index in [0.717, 1.165) is 0 Å². The first-order valence-corrected chi connectivity index (χ1v) is 6.92. The van der Waals surface area contributed by atoms with Crippen LogP contribution in [0.3, 0.4) is 0 Å². The quantitative estimate of drug-likeness (QED) is 0.860. The molecule has 1 unspecified atom stereocenters. The van der Waals surface area contributed by atoms with Crippen molar-refractivity contribution >= 4 is 23.5 Å². The Morgan fingerprint density at radius 2 is 2.10 bits per heavy atom. The summed E-state index contributed by atoms with van der Waals surface area (Å²) in [4.78, 5) is 22.5. The SMILES string of the molecule is CC(CNC(=O)Cc1cc(Cl)c2c(c1)OCCO2)C(=O)O. The lowest BCUT2D eigenvalue weighted by molar-refractivity contribution is -0.141. The van der Waals surface area contributed by atoms with Crippen molar-refractivity contribution in [1.82, 2.24) is 5.32 Å². The molecule has 0 saturated carbocycles. The third-order valence-corrected chi connectivity index (χ3v) is 3.33. The Balaban J connectivity index is 1.98. The Labute approximate surface area is 127 Å². The van der Waals surface area contributed by atoms with Crippen LogP contribution in [-0.2, 0) is 16.0 Å². The summed E-state index contributed by atoms with van der Waals surface area (Å²) in [5, 5.41) is 11.7. The van der Waals surface area contributed by atoms with Gasteiger partial charge < -0.3 is 19.9 Å². The first-order valence-electron chi connectivity index (χ1n) is 6.55. The second kappa shape index (κ2) is 6.67. The van der Waals surface area contributed by atoms with E-state index < -0.39 is 11.9 Å². The molecule has 0 radical (unpaired) electrons. The monoisotopic (exact) mass is 313 g/mol. The fourth-order valence-corrected chi connectivity index (χ4v) is 2.16. The zero-order valence-electron chi connectivity index (χ0n) is 11.5. The molecule has 1 aromatic rings. The number of carbonyl (C=O) groups is 2. The van der Waals surface area contributed by atoms with Crippen LogP contribution < -0.4 is 14.8 Å². The average molecular weight is 314 g/mol. The van der Waals surface area contributed by atoms with E-state index in [1.807, 2.05) is 0 Å². The van der Waals surface area contributed by atoms with Crippen LogP contribution in [0.25, 0.3) is 0 Å². The van der Waals surface area contributed by atoms with Crippen molar-refractivity contribution in [1.29, 1.82) is 0 Å². The largest absolute Gasteiger partial charge is 0.486 e. The van der Waals surface area contributed by atoms with E-state index in [0.29, 0.717) is 35.3 Å². The van der Waals surface area contributed by atoms with Crippen molar-refractivity contribution in [2.45, 2.75) is 13.3 Å². The highest BCUT2D eigenvalue weighted by molar-refractivity contribution is 6.32. The summed E-state index contributed by atoms with van der Waals surface area (Å²) in [7, 11) is 0. The molecule has 0 aliphatic carbocycles. The Morgan fingerprint density at radius 1 is 1.38 bits per heavy atom. The first kappa shape index (κ1) is 15.4. The summed E-state index contributed by atoms with van der Waals surface area (Å²) in [5.74, 6) is -0.826. The Hall–Kier alpha value is -1.95. The van der Waals surface area contributed by atoms with Crippen molar-refractivity contribution in [3.05, 3.63) is 22.7 Å². The number of nitrogens with one attached hydrogen (secondary N) is 1. The average Bonchev–Trinajstić information content (AvgIpc) is 2.44. The predicted molar refractivity (Wildman–Crippen MR) is 76.0 cm³/mol. The molecule has 21 heavy (non-hydrogen) atoms. The lowest BCUT2D eigenvalue weighted by atomic mass is 10.1. The lowest BCUT2D eigenvalue weighted by Gasteiger charge is -2.20. The summed E-state index contributed by atoms with van der Waals surface area (Å²) in [6, 6.07) is 3.36. The van der Waals surface area contributed by atoms with Gasteiger partial charge in [-0.3, -0.25) is 9.59 Å². The zero-order valence-corrected chi connectivity index (χ0v) is 12.3. The molecule has 114 valence electrons. The van der Waals surface area contributed by atoms with Gasteiger partial charge in [0.1, 0.15) is 13.2 Å². The number of halogens is 1. The molecule has 1 aromatic carbocycles. The highest BCUT2D eigenvalue weighted by atomic mass is 35.5.